The van der Waals surface area contributed by atoms with Crippen molar-refractivity contribution >= 4 is 5.91 Å². The first-order chi connectivity index (χ1) is 14.4. The first kappa shape index (κ1) is 21.6. The minimum Gasteiger partial charge on any atom is -0.395 e. The topological polar surface area (TPSA) is 84.1 Å². The highest BCUT2D eigenvalue weighted by molar-refractivity contribution is 5.79. The molecule has 0 spiro atoms. The number of aryl methyl sites for hydroxylation is 3. The van der Waals surface area contributed by atoms with Crippen LogP contribution >= 0.6 is 0 Å². The molecule has 3 aromatic rings. The summed E-state index contributed by atoms with van der Waals surface area (Å²) >= 11 is 0. The SMILES string of the molecule is Cc1cc(C)nc(-n2nc(C)c(CC(=O)N(CCO)CCc3ccccc3)c2C)n1. The van der Waals surface area contributed by atoms with E-state index in [1.807, 2.05) is 64.1 Å². The third kappa shape index (κ3) is 5.10. The predicted octanol–water partition coefficient (Wildman–Crippen LogP) is 2.50. The van der Waals surface area contributed by atoms with Crippen molar-refractivity contribution in [1.82, 2.24) is 24.6 Å². The Hall–Kier alpha value is -3.06. The van der Waals surface area contributed by atoms with Crippen molar-refractivity contribution in [3.05, 3.63) is 70.3 Å². The molecule has 1 N–H and O–H groups in total. The van der Waals surface area contributed by atoms with Gasteiger partial charge in [0.2, 0.25) is 5.91 Å². The van der Waals surface area contributed by atoms with E-state index in [9.17, 15) is 9.90 Å². The van der Waals surface area contributed by atoms with Crippen LogP contribution in [-0.2, 0) is 17.6 Å². The Morgan fingerprint density at radius 2 is 1.70 bits per heavy atom. The summed E-state index contributed by atoms with van der Waals surface area (Å²) in [4.78, 5) is 23.7. The van der Waals surface area contributed by atoms with Gasteiger partial charge in [-0.05, 0) is 45.7 Å². The van der Waals surface area contributed by atoms with Crippen LogP contribution in [0.2, 0.25) is 0 Å². The van der Waals surface area contributed by atoms with Gasteiger partial charge in [-0.1, -0.05) is 30.3 Å². The number of rotatable bonds is 8. The van der Waals surface area contributed by atoms with Crippen molar-refractivity contribution in [1.29, 1.82) is 0 Å². The molecule has 1 amide bonds. The van der Waals surface area contributed by atoms with Crippen LogP contribution in [0.5, 0.6) is 0 Å². The fourth-order valence-corrected chi connectivity index (χ4v) is 3.58. The van der Waals surface area contributed by atoms with Crippen molar-refractivity contribution in [3.8, 4) is 5.95 Å². The molecule has 0 aliphatic rings. The lowest BCUT2D eigenvalue weighted by Crippen LogP contribution is -2.36. The molecular formula is C23H29N5O2. The second kappa shape index (κ2) is 9.63. The number of hydrogen-bond donors (Lipinski definition) is 1. The fourth-order valence-electron chi connectivity index (χ4n) is 3.58. The number of amides is 1. The third-order valence-corrected chi connectivity index (χ3v) is 5.16. The zero-order chi connectivity index (χ0) is 21.7. The number of benzene rings is 1. The number of aromatic nitrogens is 4. The molecule has 3 rings (SSSR count). The Kier molecular flexibility index (Phi) is 6.95. The number of aliphatic hydroxyl groups is 1. The van der Waals surface area contributed by atoms with Crippen LogP contribution in [-0.4, -0.2) is 55.4 Å². The summed E-state index contributed by atoms with van der Waals surface area (Å²) in [6.07, 6.45) is 0.984. The molecule has 0 aliphatic heterocycles. The van der Waals surface area contributed by atoms with E-state index >= 15 is 0 Å². The van der Waals surface area contributed by atoms with E-state index in [0.717, 1.165) is 34.8 Å². The van der Waals surface area contributed by atoms with E-state index in [0.29, 0.717) is 19.0 Å². The molecule has 2 aromatic heterocycles. The van der Waals surface area contributed by atoms with E-state index in [2.05, 4.69) is 15.1 Å². The lowest BCUT2D eigenvalue weighted by Gasteiger charge is -2.22. The highest BCUT2D eigenvalue weighted by atomic mass is 16.3. The molecule has 7 heteroatoms. The summed E-state index contributed by atoms with van der Waals surface area (Å²) in [5.41, 5.74) is 5.44. The Labute approximate surface area is 177 Å². The molecule has 0 aliphatic carbocycles. The minimum atomic E-state index is -0.0613. The zero-order valence-electron chi connectivity index (χ0n) is 18.1. The fraction of sp³-hybridized carbons (Fsp3) is 0.391. The normalized spacial score (nSPS) is 11.0. The lowest BCUT2D eigenvalue weighted by atomic mass is 10.1. The Balaban J connectivity index is 1.78. The van der Waals surface area contributed by atoms with E-state index in [1.54, 1.807) is 9.58 Å². The number of hydrogen-bond acceptors (Lipinski definition) is 5. The standard InChI is InChI=1S/C23H29N5O2/c1-16-14-17(2)25-23(24-16)28-19(4)21(18(3)26-28)15-22(30)27(12-13-29)11-10-20-8-6-5-7-9-20/h5-9,14,29H,10-13,15H2,1-4H3. The van der Waals surface area contributed by atoms with Crippen molar-refractivity contribution in [2.24, 2.45) is 0 Å². The summed E-state index contributed by atoms with van der Waals surface area (Å²) in [6.45, 7) is 8.50. The highest BCUT2D eigenvalue weighted by Gasteiger charge is 2.21. The Morgan fingerprint density at radius 3 is 2.33 bits per heavy atom. The summed E-state index contributed by atoms with van der Waals surface area (Å²) in [6, 6.07) is 12.0. The van der Waals surface area contributed by atoms with Crippen LogP contribution < -0.4 is 0 Å². The van der Waals surface area contributed by atoms with Gasteiger partial charge in [0.15, 0.2) is 0 Å². The van der Waals surface area contributed by atoms with Gasteiger partial charge in [-0.25, -0.2) is 14.6 Å². The van der Waals surface area contributed by atoms with Gasteiger partial charge in [0.1, 0.15) is 0 Å². The Morgan fingerprint density at radius 1 is 1.03 bits per heavy atom. The molecule has 2 heterocycles. The molecule has 0 fully saturated rings. The predicted molar refractivity (Wildman–Crippen MR) is 116 cm³/mol. The van der Waals surface area contributed by atoms with Gasteiger partial charge in [0.25, 0.3) is 5.95 Å². The molecule has 0 bridgehead atoms. The van der Waals surface area contributed by atoms with E-state index in [4.69, 9.17) is 0 Å². The number of nitrogens with zero attached hydrogens (tertiary/aromatic N) is 5. The average molecular weight is 408 g/mol. The average Bonchev–Trinajstić information content (AvgIpc) is 2.99. The van der Waals surface area contributed by atoms with Crippen LogP contribution in [0.25, 0.3) is 5.95 Å². The van der Waals surface area contributed by atoms with Gasteiger partial charge < -0.3 is 10.0 Å². The van der Waals surface area contributed by atoms with Gasteiger partial charge in [-0.15, -0.1) is 0 Å². The number of carbonyl (C=O) groups is 1. The molecule has 0 unspecified atom stereocenters. The number of aliphatic hydroxyl groups excluding tert-OH is 1. The number of carbonyl (C=O) groups excluding carboxylic acids is 1. The molecule has 0 atom stereocenters. The largest absolute Gasteiger partial charge is 0.395 e. The van der Waals surface area contributed by atoms with Crippen LogP contribution in [0.3, 0.4) is 0 Å². The summed E-state index contributed by atoms with van der Waals surface area (Å²) in [5, 5.41) is 14.0. The van der Waals surface area contributed by atoms with Gasteiger partial charge in [-0.3, -0.25) is 4.79 Å². The van der Waals surface area contributed by atoms with Crippen LogP contribution in [0.15, 0.2) is 36.4 Å². The molecule has 0 radical (unpaired) electrons. The van der Waals surface area contributed by atoms with Crippen LogP contribution in [0.4, 0.5) is 0 Å². The summed E-state index contributed by atoms with van der Waals surface area (Å²) in [7, 11) is 0. The quantitative estimate of drug-likeness (QED) is 0.620. The summed E-state index contributed by atoms with van der Waals surface area (Å²) < 4.78 is 1.71. The molecule has 0 saturated heterocycles. The second-order valence-electron chi connectivity index (χ2n) is 7.53. The monoisotopic (exact) mass is 407 g/mol. The van der Waals surface area contributed by atoms with Crippen molar-refractivity contribution < 1.29 is 9.90 Å². The smallest absolute Gasteiger partial charge is 0.251 e. The maximum atomic E-state index is 13.0. The van der Waals surface area contributed by atoms with Crippen molar-refractivity contribution in [3.63, 3.8) is 0 Å². The van der Waals surface area contributed by atoms with E-state index in [1.165, 1.54) is 5.56 Å². The van der Waals surface area contributed by atoms with Gasteiger partial charge >= 0.3 is 0 Å². The molecule has 1 aromatic carbocycles. The maximum absolute atomic E-state index is 13.0. The third-order valence-electron chi connectivity index (χ3n) is 5.16. The van der Waals surface area contributed by atoms with Gasteiger partial charge in [0.05, 0.1) is 18.7 Å². The second-order valence-corrected chi connectivity index (χ2v) is 7.53. The van der Waals surface area contributed by atoms with Crippen molar-refractivity contribution in [2.75, 3.05) is 19.7 Å². The van der Waals surface area contributed by atoms with Gasteiger partial charge in [0, 0.05) is 35.7 Å². The summed E-state index contributed by atoms with van der Waals surface area (Å²) in [5.74, 6) is 0.496. The zero-order valence-corrected chi connectivity index (χ0v) is 18.1. The molecule has 7 nitrogen and oxygen atoms in total. The van der Waals surface area contributed by atoms with Gasteiger partial charge in [-0.2, -0.15) is 5.10 Å². The lowest BCUT2D eigenvalue weighted by molar-refractivity contribution is -0.131. The van der Waals surface area contributed by atoms with E-state index in [-0.39, 0.29) is 18.9 Å². The van der Waals surface area contributed by atoms with E-state index < -0.39 is 0 Å². The molecule has 158 valence electrons. The molecule has 30 heavy (non-hydrogen) atoms. The van der Waals surface area contributed by atoms with Crippen LogP contribution in [0.1, 0.15) is 33.9 Å². The minimum absolute atomic E-state index is 0.0212. The Bertz CT molecular complexity index is 994. The van der Waals surface area contributed by atoms with Crippen LogP contribution in [0, 0.1) is 27.7 Å². The first-order valence-electron chi connectivity index (χ1n) is 10.2. The highest BCUT2D eigenvalue weighted by Crippen LogP contribution is 2.18. The first-order valence-corrected chi connectivity index (χ1v) is 10.2. The maximum Gasteiger partial charge on any atom is 0.251 e. The van der Waals surface area contributed by atoms with Crippen molar-refractivity contribution in [2.45, 2.75) is 40.5 Å². The molecule has 0 saturated carbocycles. The molecular weight excluding hydrogens is 378 g/mol.